The summed E-state index contributed by atoms with van der Waals surface area (Å²) in [6.07, 6.45) is 0.136. The lowest BCUT2D eigenvalue weighted by Gasteiger charge is -2.38. The molecule has 18 heavy (non-hydrogen) atoms. The average molecular weight is 253 g/mol. The highest BCUT2D eigenvalue weighted by molar-refractivity contribution is 5.56. The smallest absolute Gasteiger partial charge is 0.131 e. The normalized spacial score (nSPS) is 22.0. The SMILES string of the molecule is CCC1COCCN1c1cccc(F)c1C(C)O. The van der Waals surface area contributed by atoms with Crippen LogP contribution >= 0.6 is 0 Å². The van der Waals surface area contributed by atoms with Crippen LogP contribution < -0.4 is 4.90 Å². The molecule has 1 aliphatic heterocycles. The summed E-state index contributed by atoms with van der Waals surface area (Å²) in [4.78, 5) is 2.15. The second-order valence-electron chi connectivity index (χ2n) is 4.68. The van der Waals surface area contributed by atoms with Gasteiger partial charge in [-0.1, -0.05) is 13.0 Å². The fraction of sp³-hybridized carbons (Fsp3) is 0.571. The van der Waals surface area contributed by atoms with E-state index >= 15 is 0 Å². The Labute approximate surface area is 107 Å². The second-order valence-corrected chi connectivity index (χ2v) is 4.68. The summed E-state index contributed by atoms with van der Waals surface area (Å²) in [5.41, 5.74) is 1.18. The number of benzene rings is 1. The number of hydrogen-bond acceptors (Lipinski definition) is 3. The van der Waals surface area contributed by atoms with Crippen LogP contribution in [0.3, 0.4) is 0 Å². The van der Waals surface area contributed by atoms with E-state index in [-0.39, 0.29) is 11.9 Å². The Morgan fingerprint density at radius 2 is 2.33 bits per heavy atom. The maximum Gasteiger partial charge on any atom is 0.131 e. The van der Waals surface area contributed by atoms with E-state index in [2.05, 4.69) is 11.8 Å². The maximum absolute atomic E-state index is 13.9. The van der Waals surface area contributed by atoms with Crippen LogP contribution in [-0.2, 0) is 4.74 Å². The molecule has 0 spiro atoms. The molecule has 0 amide bonds. The van der Waals surface area contributed by atoms with Crippen molar-refractivity contribution < 1.29 is 14.2 Å². The van der Waals surface area contributed by atoms with Gasteiger partial charge in [-0.2, -0.15) is 0 Å². The molecule has 1 aliphatic rings. The Bertz CT molecular complexity index is 409. The van der Waals surface area contributed by atoms with Gasteiger partial charge >= 0.3 is 0 Å². The molecule has 1 saturated heterocycles. The second kappa shape index (κ2) is 5.67. The number of ether oxygens (including phenoxy) is 1. The van der Waals surface area contributed by atoms with E-state index in [1.54, 1.807) is 13.0 Å². The predicted octanol–water partition coefficient (Wildman–Crippen LogP) is 2.49. The summed E-state index contributed by atoms with van der Waals surface area (Å²) < 4.78 is 19.3. The van der Waals surface area contributed by atoms with Crippen LogP contribution in [0.4, 0.5) is 10.1 Å². The molecule has 1 N–H and O–H groups in total. The topological polar surface area (TPSA) is 32.7 Å². The van der Waals surface area contributed by atoms with Gasteiger partial charge in [-0.3, -0.25) is 0 Å². The van der Waals surface area contributed by atoms with Crippen molar-refractivity contribution in [2.45, 2.75) is 32.4 Å². The first kappa shape index (κ1) is 13.3. The molecule has 1 heterocycles. The van der Waals surface area contributed by atoms with E-state index in [1.165, 1.54) is 6.07 Å². The van der Waals surface area contributed by atoms with E-state index in [9.17, 15) is 9.50 Å². The van der Waals surface area contributed by atoms with Crippen LogP contribution in [0, 0.1) is 5.82 Å². The molecule has 0 aliphatic carbocycles. The van der Waals surface area contributed by atoms with Crippen molar-refractivity contribution in [1.29, 1.82) is 0 Å². The first-order chi connectivity index (χ1) is 8.65. The number of rotatable bonds is 3. The van der Waals surface area contributed by atoms with Crippen molar-refractivity contribution in [2.75, 3.05) is 24.7 Å². The molecule has 4 heteroatoms. The van der Waals surface area contributed by atoms with Gasteiger partial charge < -0.3 is 14.7 Å². The summed E-state index contributed by atoms with van der Waals surface area (Å²) in [5.74, 6) is -0.344. The molecule has 2 rings (SSSR count). The molecule has 0 bridgehead atoms. The molecule has 1 fully saturated rings. The van der Waals surface area contributed by atoms with Crippen LogP contribution in [0.2, 0.25) is 0 Å². The van der Waals surface area contributed by atoms with Gasteiger partial charge in [-0.25, -0.2) is 4.39 Å². The summed E-state index contributed by atoms with van der Waals surface area (Å²) in [7, 11) is 0. The van der Waals surface area contributed by atoms with E-state index in [4.69, 9.17) is 4.74 Å². The zero-order valence-electron chi connectivity index (χ0n) is 10.9. The Balaban J connectivity index is 2.39. The first-order valence-corrected chi connectivity index (χ1v) is 6.46. The van der Waals surface area contributed by atoms with Crippen molar-refractivity contribution in [3.05, 3.63) is 29.6 Å². The maximum atomic E-state index is 13.9. The van der Waals surface area contributed by atoms with Gasteiger partial charge in [0.15, 0.2) is 0 Å². The molecule has 3 nitrogen and oxygen atoms in total. The molecule has 0 radical (unpaired) electrons. The number of morpholine rings is 1. The van der Waals surface area contributed by atoms with Crippen molar-refractivity contribution in [3.63, 3.8) is 0 Å². The Morgan fingerprint density at radius 3 is 3.00 bits per heavy atom. The lowest BCUT2D eigenvalue weighted by molar-refractivity contribution is 0.0924. The van der Waals surface area contributed by atoms with E-state index < -0.39 is 6.10 Å². The van der Waals surface area contributed by atoms with E-state index in [0.29, 0.717) is 18.8 Å². The highest BCUT2D eigenvalue weighted by Gasteiger charge is 2.26. The number of aliphatic hydroxyl groups excluding tert-OH is 1. The zero-order valence-corrected chi connectivity index (χ0v) is 10.9. The third kappa shape index (κ3) is 2.49. The van der Waals surface area contributed by atoms with Crippen LogP contribution in [0.25, 0.3) is 0 Å². The average Bonchev–Trinajstić information content (AvgIpc) is 2.38. The van der Waals surface area contributed by atoms with Gasteiger partial charge in [-0.05, 0) is 25.5 Å². The van der Waals surface area contributed by atoms with E-state index in [0.717, 1.165) is 18.7 Å². The van der Waals surface area contributed by atoms with Gasteiger partial charge in [-0.15, -0.1) is 0 Å². The summed E-state index contributed by atoms with van der Waals surface area (Å²) in [6.45, 7) is 5.73. The molecule has 1 aromatic carbocycles. The number of hydrogen-bond donors (Lipinski definition) is 1. The van der Waals surface area contributed by atoms with E-state index in [1.807, 2.05) is 6.07 Å². The minimum Gasteiger partial charge on any atom is -0.389 e. The standard InChI is InChI=1S/C14H20FNO2/c1-3-11-9-18-8-7-16(11)13-6-4-5-12(15)14(13)10(2)17/h4-6,10-11,17H,3,7-9H2,1-2H3. The third-order valence-electron chi connectivity index (χ3n) is 3.46. The van der Waals surface area contributed by atoms with Crippen molar-refractivity contribution in [2.24, 2.45) is 0 Å². The highest BCUT2D eigenvalue weighted by atomic mass is 19.1. The number of nitrogens with zero attached hydrogens (tertiary/aromatic N) is 1. The molecular formula is C14H20FNO2. The van der Waals surface area contributed by atoms with Crippen LogP contribution in [0.1, 0.15) is 31.9 Å². The first-order valence-electron chi connectivity index (χ1n) is 6.46. The summed E-state index contributed by atoms with van der Waals surface area (Å²) in [6, 6.07) is 5.21. The minimum atomic E-state index is -0.804. The predicted molar refractivity (Wildman–Crippen MR) is 69.3 cm³/mol. The van der Waals surface area contributed by atoms with Crippen LogP contribution in [0.5, 0.6) is 0 Å². The molecule has 0 saturated carbocycles. The zero-order chi connectivity index (χ0) is 13.1. The molecule has 100 valence electrons. The highest BCUT2D eigenvalue weighted by Crippen LogP contribution is 2.31. The van der Waals surface area contributed by atoms with Crippen molar-refractivity contribution in [1.82, 2.24) is 0 Å². The van der Waals surface area contributed by atoms with Crippen molar-refractivity contribution in [3.8, 4) is 0 Å². The quantitative estimate of drug-likeness (QED) is 0.898. The largest absolute Gasteiger partial charge is 0.389 e. The monoisotopic (exact) mass is 253 g/mol. The summed E-state index contributed by atoms with van der Waals surface area (Å²) in [5, 5.41) is 9.78. The van der Waals surface area contributed by atoms with Gasteiger partial charge in [0.1, 0.15) is 5.82 Å². The summed E-state index contributed by atoms with van der Waals surface area (Å²) >= 11 is 0. The molecular weight excluding hydrogens is 233 g/mol. The number of halogens is 1. The fourth-order valence-corrected chi connectivity index (χ4v) is 2.50. The third-order valence-corrected chi connectivity index (χ3v) is 3.46. The number of anilines is 1. The van der Waals surface area contributed by atoms with Gasteiger partial charge in [0.25, 0.3) is 0 Å². The van der Waals surface area contributed by atoms with Gasteiger partial charge in [0.2, 0.25) is 0 Å². The van der Waals surface area contributed by atoms with Crippen LogP contribution in [-0.4, -0.2) is 30.9 Å². The Hall–Kier alpha value is -1.13. The lowest BCUT2D eigenvalue weighted by Crippen LogP contribution is -2.45. The Morgan fingerprint density at radius 1 is 1.56 bits per heavy atom. The molecule has 1 aromatic rings. The number of aliphatic hydroxyl groups is 1. The molecule has 0 aromatic heterocycles. The molecule has 2 unspecified atom stereocenters. The van der Waals surface area contributed by atoms with Crippen LogP contribution in [0.15, 0.2) is 18.2 Å². The lowest BCUT2D eigenvalue weighted by atomic mass is 10.0. The fourth-order valence-electron chi connectivity index (χ4n) is 2.50. The van der Waals surface area contributed by atoms with Gasteiger partial charge in [0.05, 0.1) is 25.4 Å². The van der Waals surface area contributed by atoms with Gasteiger partial charge in [0, 0.05) is 17.8 Å². The Kier molecular flexibility index (Phi) is 4.19. The molecule has 2 atom stereocenters. The van der Waals surface area contributed by atoms with Crippen molar-refractivity contribution >= 4 is 5.69 Å². The minimum absolute atomic E-state index is 0.248.